The van der Waals surface area contributed by atoms with E-state index in [1.54, 1.807) is 4.90 Å². The predicted octanol–water partition coefficient (Wildman–Crippen LogP) is 1.10. The van der Waals surface area contributed by atoms with Crippen molar-refractivity contribution in [1.82, 2.24) is 24.4 Å². The number of carbonyl (C=O) groups is 3. The first-order valence-corrected chi connectivity index (χ1v) is 11.7. The molecule has 1 aliphatic carbocycles. The molecule has 0 radical (unpaired) electrons. The van der Waals surface area contributed by atoms with Crippen LogP contribution in [0.1, 0.15) is 49.5 Å². The largest absolute Gasteiger partial charge is 0.492 e. The fourth-order valence-corrected chi connectivity index (χ4v) is 3.96. The van der Waals surface area contributed by atoms with Gasteiger partial charge in [-0.25, -0.2) is 4.79 Å². The average Bonchev–Trinajstić information content (AvgIpc) is 3.54. The monoisotopic (exact) mass is 502 g/mol. The van der Waals surface area contributed by atoms with Gasteiger partial charge in [-0.2, -0.15) is 4.52 Å². The third-order valence-corrected chi connectivity index (χ3v) is 5.75. The van der Waals surface area contributed by atoms with Gasteiger partial charge < -0.3 is 25.2 Å². The van der Waals surface area contributed by atoms with E-state index in [2.05, 4.69) is 15.7 Å². The molecule has 2 fully saturated rings. The molecule has 4 rings (SSSR count). The Labute approximate surface area is 206 Å². The van der Waals surface area contributed by atoms with Gasteiger partial charge in [-0.3, -0.25) is 24.3 Å². The Morgan fingerprint density at radius 3 is 2.44 bits per heavy atom. The first-order chi connectivity index (χ1) is 17.0. The number of aromatic hydroxyl groups is 1. The number of ether oxygens (including phenoxy) is 1. The number of amides is 3. The first kappa shape index (κ1) is 25.2. The van der Waals surface area contributed by atoms with Gasteiger partial charge in [0.2, 0.25) is 11.8 Å². The number of rotatable bonds is 6. The number of aromatic nitrogens is 3. The average molecular weight is 503 g/mol. The molecule has 0 spiro atoms. The number of nitrogens with zero attached hydrogens (tertiary/aromatic N) is 4. The summed E-state index contributed by atoms with van der Waals surface area (Å²) < 4.78 is 7.50. The van der Waals surface area contributed by atoms with E-state index in [0.717, 1.165) is 17.4 Å². The molecule has 3 amide bonds. The molecule has 36 heavy (non-hydrogen) atoms. The lowest BCUT2D eigenvalue weighted by Gasteiger charge is -2.25. The minimum Gasteiger partial charge on any atom is -0.492 e. The van der Waals surface area contributed by atoms with Crippen LogP contribution in [0.15, 0.2) is 10.9 Å². The van der Waals surface area contributed by atoms with Crippen LogP contribution in [0.3, 0.4) is 0 Å². The van der Waals surface area contributed by atoms with E-state index >= 15 is 0 Å². The van der Waals surface area contributed by atoms with Crippen molar-refractivity contribution < 1.29 is 29.3 Å². The topological polar surface area (TPSA) is 167 Å². The van der Waals surface area contributed by atoms with Gasteiger partial charge in [0, 0.05) is 31.8 Å². The van der Waals surface area contributed by atoms with Crippen LogP contribution in [0.25, 0.3) is 11.7 Å². The van der Waals surface area contributed by atoms with E-state index in [0.29, 0.717) is 26.3 Å². The molecule has 194 valence electrons. The van der Waals surface area contributed by atoms with Crippen molar-refractivity contribution in [3.63, 3.8) is 0 Å². The van der Waals surface area contributed by atoms with Gasteiger partial charge in [-0.1, -0.05) is 20.8 Å². The summed E-state index contributed by atoms with van der Waals surface area (Å²) >= 11 is 0. The molecule has 1 saturated carbocycles. The van der Waals surface area contributed by atoms with Gasteiger partial charge in [0.25, 0.3) is 11.5 Å². The second-order valence-corrected chi connectivity index (χ2v) is 10.1. The van der Waals surface area contributed by atoms with Crippen molar-refractivity contribution in [2.24, 2.45) is 5.41 Å². The second-order valence-electron chi connectivity index (χ2n) is 10.1. The summed E-state index contributed by atoms with van der Waals surface area (Å²) in [6.45, 7) is 7.42. The summed E-state index contributed by atoms with van der Waals surface area (Å²) in [5, 5.41) is 29.3. The third-order valence-electron chi connectivity index (χ3n) is 5.75. The highest BCUT2D eigenvalue weighted by Gasteiger charge is 2.32. The summed E-state index contributed by atoms with van der Waals surface area (Å²) in [6.07, 6.45) is 2.75. The molecule has 0 aromatic carbocycles. The fraction of sp³-hybridized carbons (Fsp3) is 0.522. The van der Waals surface area contributed by atoms with E-state index in [1.165, 1.54) is 16.7 Å². The first-order valence-electron chi connectivity index (χ1n) is 11.7. The maximum atomic E-state index is 13.5. The molecule has 2 aromatic rings. The minimum absolute atomic E-state index is 0.0465. The molecule has 3 heterocycles. The van der Waals surface area contributed by atoms with Crippen LogP contribution < -0.4 is 16.2 Å². The van der Waals surface area contributed by atoms with E-state index in [9.17, 15) is 29.4 Å². The Hall–Kier alpha value is -3.87. The van der Waals surface area contributed by atoms with Crippen molar-refractivity contribution in [3.05, 3.63) is 27.6 Å². The molecule has 0 bridgehead atoms. The number of fused-ring (bicyclic) bond motifs is 1. The van der Waals surface area contributed by atoms with Gasteiger partial charge in [0.05, 0.1) is 18.8 Å². The third kappa shape index (κ3) is 5.35. The molecule has 2 aromatic heterocycles. The molecule has 1 aliphatic heterocycles. The Morgan fingerprint density at radius 2 is 1.86 bits per heavy atom. The van der Waals surface area contributed by atoms with E-state index in [4.69, 9.17) is 4.74 Å². The Morgan fingerprint density at radius 1 is 1.19 bits per heavy atom. The van der Waals surface area contributed by atoms with Crippen LogP contribution in [0.4, 0.5) is 10.6 Å². The minimum atomic E-state index is -1.43. The van der Waals surface area contributed by atoms with E-state index in [-0.39, 0.29) is 35.5 Å². The predicted molar refractivity (Wildman–Crippen MR) is 129 cm³/mol. The zero-order valence-electron chi connectivity index (χ0n) is 20.4. The molecule has 1 saturated heterocycles. The number of hydrogen-bond acceptors (Lipinski definition) is 7. The molecule has 0 unspecified atom stereocenters. The van der Waals surface area contributed by atoms with Crippen LogP contribution in [0.5, 0.6) is 5.88 Å². The SMILES string of the molecule is CC(C)(C)Cn1c(=O)c(C(=O)NC2CC2)c(O)n2nc(NC(=O)O)c(C=CC(=O)N3CCOCC3)c12. The Kier molecular flexibility index (Phi) is 6.76. The summed E-state index contributed by atoms with van der Waals surface area (Å²) in [5.74, 6) is -1.97. The molecule has 13 nitrogen and oxygen atoms in total. The van der Waals surface area contributed by atoms with Gasteiger partial charge in [-0.05, 0) is 24.3 Å². The number of morpholine rings is 1. The summed E-state index contributed by atoms with van der Waals surface area (Å²) in [6, 6.07) is -0.0605. The van der Waals surface area contributed by atoms with Gasteiger partial charge in [0.15, 0.2) is 17.0 Å². The van der Waals surface area contributed by atoms with E-state index < -0.39 is 34.4 Å². The van der Waals surface area contributed by atoms with Gasteiger partial charge >= 0.3 is 6.09 Å². The Balaban J connectivity index is 1.91. The standard InChI is InChI=1S/C23H30N6O7/c1-23(2,3)12-28-19-14(6-7-15(30)27-8-10-36-11-9-27)17(25-22(34)35)26-29(19)21(33)16(20(28)32)18(31)24-13-4-5-13/h6-7,13,33H,4-5,8-12H2,1-3H3,(H,24,31)(H,25,26)(H,34,35). The molecule has 0 atom stereocenters. The number of carboxylic acid groups (broad SMARTS) is 1. The van der Waals surface area contributed by atoms with Crippen molar-refractivity contribution >= 4 is 35.4 Å². The lowest BCUT2D eigenvalue weighted by molar-refractivity contribution is -0.129. The molecule has 2 aliphatic rings. The number of nitrogens with one attached hydrogen (secondary N) is 2. The summed E-state index contributed by atoms with van der Waals surface area (Å²) in [7, 11) is 0. The van der Waals surface area contributed by atoms with Gasteiger partial charge in [0.1, 0.15) is 0 Å². The van der Waals surface area contributed by atoms with Crippen LogP contribution >= 0.6 is 0 Å². The lowest BCUT2D eigenvalue weighted by Crippen LogP contribution is -2.39. The maximum Gasteiger partial charge on any atom is 0.410 e. The maximum absolute atomic E-state index is 13.5. The zero-order chi connectivity index (χ0) is 26.2. The molecule has 13 heteroatoms. The van der Waals surface area contributed by atoms with Crippen LogP contribution in [0, 0.1) is 5.41 Å². The number of anilines is 1. The number of hydrogen-bond donors (Lipinski definition) is 4. The summed E-state index contributed by atoms with van der Waals surface area (Å²) in [5.41, 5.74) is -1.53. The van der Waals surface area contributed by atoms with Crippen molar-refractivity contribution in [3.8, 4) is 5.88 Å². The molecular formula is C23H30N6O7. The normalized spacial score (nSPS) is 16.5. The molecule has 4 N–H and O–H groups in total. The highest BCUT2D eigenvalue weighted by Crippen LogP contribution is 2.29. The van der Waals surface area contributed by atoms with Gasteiger partial charge in [-0.15, -0.1) is 5.10 Å². The van der Waals surface area contributed by atoms with Crippen LogP contribution in [-0.4, -0.2) is 79.5 Å². The molecular weight excluding hydrogens is 472 g/mol. The smallest absolute Gasteiger partial charge is 0.410 e. The zero-order valence-corrected chi connectivity index (χ0v) is 20.4. The van der Waals surface area contributed by atoms with Crippen LogP contribution in [-0.2, 0) is 16.1 Å². The van der Waals surface area contributed by atoms with Crippen molar-refractivity contribution in [2.75, 3.05) is 31.6 Å². The van der Waals surface area contributed by atoms with Crippen LogP contribution in [0.2, 0.25) is 0 Å². The lowest BCUT2D eigenvalue weighted by atomic mass is 9.96. The van der Waals surface area contributed by atoms with Crippen molar-refractivity contribution in [1.29, 1.82) is 0 Å². The Bertz CT molecular complexity index is 1290. The second kappa shape index (κ2) is 9.64. The quantitative estimate of drug-likeness (QED) is 0.426. The highest BCUT2D eigenvalue weighted by molar-refractivity contribution is 5.98. The fourth-order valence-electron chi connectivity index (χ4n) is 3.96. The number of carbonyl (C=O) groups excluding carboxylic acids is 2. The van der Waals surface area contributed by atoms with Crippen molar-refractivity contribution in [2.45, 2.75) is 46.2 Å². The highest BCUT2D eigenvalue weighted by atomic mass is 16.5. The summed E-state index contributed by atoms with van der Waals surface area (Å²) in [4.78, 5) is 52.2. The van der Waals surface area contributed by atoms with E-state index in [1.807, 2.05) is 20.8 Å².